The van der Waals surface area contributed by atoms with Crippen LogP contribution in [0.1, 0.15) is 23.6 Å². The Bertz CT molecular complexity index is 481. The van der Waals surface area contributed by atoms with E-state index in [0.29, 0.717) is 30.0 Å². The number of ether oxygens (including phenoxy) is 2. The summed E-state index contributed by atoms with van der Waals surface area (Å²) in [5.74, 6) is -0.391. The van der Waals surface area contributed by atoms with Crippen LogP contribution in [0.3, 0.4) is 0 Å². The van der Waals surface area contributed by atoms with Crippen molar-refractivity contribution in [1.82, 2.24) is 5.32 Å². The Balaban J connectivity index is 2.31. The Morgan fingerprint density at radius 1 is 1.45 bits per heavy atom. The van der Waals surface area contributed by atoms with Crippen LogP contribution in [-0.2, 0) is 11.5 Å². The quantitative estimate of drug-likeness (QED) is 0.864. The van der Waals surface area contributed by atoms with Gasteiger partial charge in [0.25, 0.3) is 0 Å². The lowest BCUT2D eigenvalue weighted by molar-refractivity contribution is -0.141. The minimum atomic E-state index is -0.814. The third-order valence-corrected chi connectivity index (χ3v) is 3.60. The first-order valence-electron chi connectivity index (χ1n) is 6.37. The maximum absolute atomic E-state index is 13.1. The highest BCUT2D eigenvalue weighted by atomic mass is 19.1. The van der Waals surface area contributed by atoms with Crippen molar-refractivity contribution in [1.29, 1.82) is 0 Å². The molecule has 6 heteroatoms. The molecule has 0 saturated carbocycles. The van der Waals surface area contributed by atoms with Gasteiger partial charge >= 0.3 is 5.97 Å². The standard InChI is InChI=1S/C14H18FNO4/c1-19-12-5-8(3-9(6-15)13(12)20-2)11-4-10(7-16-11)14(17)18/h3,5,10-11,16H,4,6-7H2,1-2H3,(H,17,18). The van der Waals surface area contributed by atoms with E-state index in [9.17, 15) is 9.18 Å². The monoisotopic (exact) mass is 283 g/mol. The topological polar surface area (TPSA) is 67.8 Å². The minimum absolute atomic E-state index is 0.110. The second-order valence-corrected chi connectivity index (χ2v) is 4.78. The molecule has 2 rings (SSSR count). The molecule has 20 heavy (non-hydrogen) atoms. The highest BCUT2D eigenvalue weighted by molar-refractivity contribution is 5.71. The van der Waals surface area contributed by atoms with Crippen LogP contribution in [0.15, 0.2) is 12.1 Å². The smallest absolute Gasteiger partial charge is 0.307 e. The summed E-state index contributed by atoms with van der Waals surface area (Å²) in [6.07, 6.45) is 0.483. The number of benzene rings is 1. The molecule has 0 spiro atoms. The number of aliphatic carboxylic acids is 1. The van der Waals surface area contributed by atoms with E-state index in [0.717, 1.165) is 5.56 Å². The van der Waals surface area contributed by atoms with Gasteiger partial charge in [-0.05, 0) is 24.1 Å². The lowest BCUT2D eigenvalue weighted by atomic mass is 9.98. The van der Waals surface area contributed by atoms with E-state index in [2.05, 4.69) is 5.32 Å². The molecule has 0 bridgehead atoms. The van der Waals surface area contributed by atoms with E-state index in [4.69, 9.17) is 14.6 Å². The first kappa shape index (κ1) is 14.6. The maximum Gasteiger partial charge on any atom is 0.307 e. The summed E-state index contributed by atoms with van der Waals surface area (Å²) in [5, 5.41) is 12.2. The normalized spacial score (nSPS) is 21.8. The Kier molecular flexibility index (Phi) is 4.44. The lowest BCUT2D eigenvalue weighted by Gasteiger charge is -2.17. The lowest BCUT2D eigenvalue weighted by Crippen LogP contribution is -2.17. The first-order valence-corrected chi connectivity index (χ1v) is 6.37. The molecule has 0 aromatic heterocycles. The summed E-state index contributed by atoms with van der Waals surface area (Å²) in [6, 6.07) is 3.35. The fourth-order valence-electron chi connectivity index (χ4n) is 2.55. The Morgan fingerprint density at radius 3 is 2.70 bits per heavy atom. The third kappa shape index (κ3) is 2.70. The van der Waals surface area contributed by atoms with Gasteiger partial charge in [-0.25, -0.2) is 4.39 Å². The molecular formula is C14H18FNO4. The number of hydrogen-bond donors (Lipinski definition) is 2. The predicted molar refractivity (Wildman–Crippen MR) is 70.8 cm³/mol. The fourth-order valence-corrected chi connectivity index (χ4v) is 2.55. The Labute approximate surface area is 116 Å². The van der Waals surface area contributed by atoms with Crippen LogP contribution in [0.25, 0.3) is 0 Å². The molecule has 1 saturated heterocycles. The molecule has 5 nitrogen and oxygen atoms in total. The van der Waals surface area contributed by atoms with Crippen LogP contribution >= 0.6 is 0 Å². The van der Waals surface area contributed by atoms with E-state index in [1.165, 1.54) is 14.2 Å². The molecule has 1 fully saturated rings. The number of alkyl halides is 1. The van der Waals surface area contributed by atoms with E-state index in [1.807, 2.05) is 0 Å². The summed E-state index contributed by atoms with van der Waals surface area (Å²) in [4.78, 5) is 11.0. The number of hydrogen-bond acceptors (Lipinski definition) is 4. The zero-order valence-corrected chi connectivity index (χ0v) is 11.5. The number of nitrogens with one attached hydrogen (secondary N) is 1. The van der Waals surface area contributed by atoms with Gasteiger partial charge in [-0.2, -0.15) is 0 Å². The molecule has 0 amide bonds. The second kappa shape index (κ2) is 6.09. The van der Waals surface area contributed by atoms with Crippen molar-refractivity contribution < 1.29 is 23.8 Å². The van der Waals surface area contributed by atoms with E-state index >= 15 is 0 Å². The van der Waals surface area contributed by atoms with Crippen LogP contribution in [-0.4, -0.2) is 31.8 Å². The highest BCUT2D eigenvalue weighted by Gasteiger charge is 2.31. The number of halogens is 1. The summed E-state index contributed by atoms with van der Waals surface area (Å²) in [6.45, 7) is -0.248. The second-order valence-electron chi connectivity index (χ2n) is 4.78. The van der Waals surface area contributed by atoms with Crippen molar-refractivity contribution in [2.75, 3.05) is 20.8 Å². The molecule has 0 radical (unpaired) electrons. The fraction of sp³-hybridized carbons (Fsp3) is 0.500. The average Bonchev–Trinajstić information content (AvgIpc) is 2.95. The maximum atomic E-state index is 13.1. The van der Waals surface area contributed by atoms with Gasteiger partial charge in [-0.3, -0.25) is 4.79 Å². The van der Waals surface area contributed by atoms with Crippen molar-refractivity contribution in [2.24, 2.45) is 5.92 Å². The summed E-state index contributed by atoms with van der Waals surface area (Å²) < 4.78 is 23.5. The van der Waals surface area contributed by atoms with E-state index in [-0.39, 0.29) is 6.04 Å². The van der Waals surface area contributed by atoms with Crippen LogP contribution in [0, 0.1) is 5.92 Å². The molecule has 0 aliphatic carbocycles. The molecule has 2 N–H and O–H groups in total. The van der Waals surface area contributed by atoms with Crippen molar-refractivity contribution in [3.8, 4) is 11.5 Å². The molecular weight excluding hydrogens is 265 g/mol. The molecule has 1 aliphatic rings. The molecule has 1 aliphatic heterocycles. The molecule has 1 aromatic carbocycles. The molecule has 2 atom stereocenters. The van der Waals surface area contributed by atoms with Crippen molar-refractivity contribution in [3.63, 3.8) is 0 Å². The van der Waals surface area contributed by atoms with Crippen molar-refractivity contribution in [3.05, 3.63) is 23.3 Å². The van der Waals surface area contributed by atoms with Crippen molar-refractivity contribution >= 4 is 5.97 Å². The summed E-state index contributed by atoms with van der Waals surface area (Å²) >= 11 is 0. The van der Waals surface area contributed by atoms with E-state index in [1.54, 1.807) is 12.1 Å². The van der Waals surface area contributed by atoms with Gasteiger partial charge in [-0.1, -0.05) is 0 Å². The number of carboxylic acids is 1. The molecule has 2 unspecified atom stereocenters. The zero-order chi connectivity index (χ0) is 14.7. The van der Waals surface area contributed by atoms with Gasteiger partial charge in [0, 0.05) is 18.2 Å². The Hall–Kier alpha value is -1.82. The van der Waals surface area contributed by atoms with E-state index < -0.39 is 18.6 Å². The average molecular weight is 283 g/mol. The van der Waals surface area contributed by atoms with Gasteiger partial charge in [-0.15, -0.1) is 0 Å². The number of carboxylic acid groups (broad SMARTS) is 1. The number of carbonyl (C=O) groups is 1. The van der Waals surface area contributed by atoms with Crippen LogP contribution in [0.2, 0.25) is 0 Å². The minimum Gasteiger partial charge on any atom is -0.493 e. The molecule has 110 valence electrons. The van der Waals surface area contributed by atoms with Crippen LogP contribution in [0.5, 0.6) is 11.5 Å². The number of rotatable bonds is 5. The largest absolute Gasteiger partial charge is 0.493 e. The predicted octanol–water partition coefficient (Wildman–Crippen LogP) is 1.91. The van der Waals surface area contributed by atoms with Crippen LogP contribution in [0.4, 0.5) is 4.39 Å². The summed E-state index contributed by atoms with van der Waals surface area (Å²) in [5.41, 5.74) is 1.22. The molecule has 1 heterocycles. The highest BCUT2D eigenvalue weighted by Crippen LogP contribution is 2.37. The number of methoxy groups -OCH3 is 2. The van der Waals surface area contributed by atoms with Gasteiger partial charge in [0.1, 0.15) is 6.67 Å². The SMILES string of the molecule is COc1cc(C2CC(C(=O)O)CN2)cc(CF)c1OC. The summed E-state index contributed by atoms with van der Waals surface area (Å²) in [7, 11) is 2.96. The van der Waals surface area contributed by atoms with Gasteiger partial charge in [0.05, 0.1) is 20.1 Å². The van der Waals surface area contributed by atoms with Gasteiger partial charge < -0.3 is 19.9 Å². The third-order valence-electron chi connectivity index (χ3n) is 3.60. The first-order chi connectivity index (χ1) is 9.60. The zero-order valence-electron chi connectivity index (χ0n) is 11.5. The van der Waals surface area contributed by atoms with Gasteiger partial charge in [0.15, 0.2) is 11.5 Å². The Morgan fingerprint density at radius 2 is 2.20 bits per heavy atom. The van der Waals surface area contributed by atoms with Crippen molar-refractivity contribution in [2.45, 2.75) is 19.1 Å². The van der Waals surface area contributed by atoms with Gasteiger partial charge in [0.2, 0.25) is 0 Å². The van der Waals surface area contributed by atoms with Crippen LogP contribution < -0.4 is 14.8 Å². The molecule has 1 aromatic rings.